The number of aliphatic hydroxyl groups excluding tert-OH is 1. The topological polar surface area (TPSA) is 29.5 Å². The van der Waals surface area contributed by atoms with Gasteiger partial charge in [0, 0.05) is 13.0 Å². The molecule has 1 fully saturated rings. The minimum atomic E-state index is -1.43. The second-order valence-electron chi connectivity index (χ2n) is 2.11. The van der Waals surface area contributed by atoms with E-state index in [4.69, 9.17) is 9.84 Å². The first kappa shape index (κ1) is 5.98. The van der Waals surface area contributed by atoms with Crippen LogP contribution in [0.25, 0.3) is 0 Å². The molecule has 0 radical (unpaired) electrons. The molecule has 0 bridgehead atoms. The molecule has 0 aromatic rings. The highest BCUT2D eigenvalue weighted by atomic mass is 19.1. The second-order valence-corrected chi connectivity index (χ2v) is 2.11. The van der Waals surface area contributed by atoms with Crippen LogP contribution in [0.5, 0.6) is 0 Å². The van der Waals surface area contributed by atoms with E-state index in [2.05, 4.69) is 0 Å². The van der Waals surface area contributed by atoms with Crippen molar-refractivity contribution in [3.05, 3.63) is 0 Å². The van der Waals surface area contributed by atoms with Crippen molar-refractivity contribution in [2.45, 2.75) is 12.1 Å². The summed E-state index contributed by atoms with van der Waals surface area (Å²) in [5, 5.41) is 8.37. The smallest absolute Gasteiger partial charge is 0.159 e. The molecule has 1 saturated heterocycles. The van der Waals surface area contributed by atoms with E-state index in [9.17, 15) is 4.39 Å². The molecule has 1 unspecified atom stereocenters. The van der Waals surface area contributed by atoms with Gasteiger partial charge in [-0.15, -0.1) is 0 Å². The predicted octanol–water partition coefficient (Wildman–Crippen LogP) is 0.107. The van der Waals surface area contributed by atoms with Gasteiger partial charge >= 0.3 is 0 Å². The molecular formula is C5H9FO2. The summed E-state index contributed by atoms with van der Waals surface area (Å²) in [6.07, 6.45) is 0.337. The van der Waals surface area contributed by atoms with E-state index in [0.29, 0.717) is 13.0 Å². The Kier molecular flexibility index (Phi) is 1.49. The summed E-state index contributed by atoms with van der Waals surface area (Å²) in [4.78, 5) is 0. The standard InChI is InChI=1S/C5H9FO2/c6-5(3-7)1-2-8-4-5/h7H,1-4H2. The molecule has 0 amide bonds. The number of hydrogen-bond donors (Lipinski definition) is 1. The van der Waals surface area contributed by atoms with Gasteiger partial charge in [-0.05, 0) is 0 Å². The van der Waals surface area contributed by atoms with Gasteiger partial charge in [0.15, 0.2) is 5.67 Å². The van der Waals surface area contributed by atoms with E-state index in [0.717, 1.165) is 0 Å². The van der Waals surface area contributed by atoms with Crippen LogP contribution in [0.15, 0.2) is 0 Å². The minimum Gasteiger partial charge on any atom is -0.393 e. The van der Waals surface area contributed by atoms with Gasteiger partial charge in [0.05, 0.1) is 13.2 Å². The fraction of sp³-hybridized carbons (Fsp3) is 1.00. The Hall–Kier alpha value is -0.150. The second kappa shape index (κ2) is 1.99. The number of hydrogen-bond acceptors (Lipinski definition) is 2. The Morgan fingerprint density at radius 3 is 2.75 bits per heavy atom. The van der Waals surface area contributed by atoms with Crippen molar-refractivity contribution < 1.29 is 14.2 Å². The van der Waals surface area contributed by atoms with E-state index >= 15 is 0 Å². The highest BCUT2D eigenvalue weighted by Crippen LogP contribution is 2.21. The number of halogens is 1. The summed E-state index contributed by atoms with van der Waals surface area (Å²) in [7, 11) is 0. The first-order valence-electron chi connectivity index (χ1n) is 2.64. The van der Waals surface area contributed by atoms with Crippen LogP contribution < -0.4 is 0 Å². The molecule has 0 spiro atoms. The minimum absolute atomic E-state index is 0.0590. The molecule has 0 saturated carbocycles. The van der Waals surface area contributed by atoms with Crippen LogP contribution in [0.3, 0.4) is 0 Å². The molecule has 1 aliphatic heterocycles. The highest BCUT2D eigenvalue weighted by Gasteiger charge is 2.33. The normalized spacial score (nSPS) is 38.2. The van der Waals surface area contributed by atoms with Gasteiger partial charge in [0.25, 0.3) is 0 Å². The third kappa shape index (κ3) is 0.980. The largest absolute Gasteiger partial charge is 0.393 e. The molecular weight excluding hydrogens is 111 g/mol. The molecule has 1 atom stereocenters. The van der Waals surface area contributed by atoms with E-state index in [1.165, 1.54) is 0 Å². The van der Waals surface area contributed by atoms with Crippen LogP contribution in [0.2, 0.25) is 0 Å². The van der Waals surface area contributed by atoms with Gasteiger partial charge in [-0.25, -0.2) is 4.39 Å². The van der Waals surface area contributed by atoms with Crippen molar-refractivity contribution in [1.29, 1.82) is 0 Å². The number of alkyl halides is 1. The summed E-state index contributed by atoms with van der Waals surface area (Å²) >= 11 is 0. The van der Waals surface area contributed by atoms with Crippen molar-refractivity contribution in [3.8, 4) is 0 Å². The molecule has 0 aliphatic carbocycles. The zero-order chi connectivity index (χ0) is 6.04. The molecule has 8 heavy (non-hydrogen) atoms. The maximum atomic E-state index is 12.7. The average Bonchev–Trinajstić information content (AvgIpc) is 2.17. The van der Waals surface area contributed by atoms with Crippen LogP contribution in [0.4, 0.5) is 4.39 Å². The van der Waals surface area contributed by atoms with Crippen molar-refractivity contribution >= 4 is 0 Å². The SMILES string of the molecule is OCC1(F)CCOC1. The monoisotopic (exact) mass is 120 g/mol. The van der Waals surface area contributed by atoms with Crippen molar-refractivity contribution in [2.75, 3.05) is 19.8 Å². The Bertz CT molecular complexity index is 78.5. The molecule has 2 nitrogen and oxygen atoms in total. The zero-order valence-corrected chi connectivity index (χ0v) is 4.56. The zero-order valence-electron chi connectivity index (χ0n) is 4.56. The lowest BCUT2D eigenvalue weighted by atomic mass is 10.1. The third-order valence-corrected chi connectivity index (χ3v) is 1.34. The van der Waals surface area contributed by atoms with E-state index in [-0.39, 0.29) is 6.61 Å². The van der Waals surface area contributed by atoms with E-state index in [1.54, 1.807) is 0 Å². The van der Waals surface area contributed by atoms with Crippen LogP contribution >= 0.6 is 0 Å². The summed E-state index contributed by atoms with van der Waals surface area (Å²) in [5.41, 5.74) is -1.43. The summed E-state index contributed by atoms with van der Waals surface area (Å²) in [6.45, 7) is 0.0908. The Morgan fingerprint density at radius 2 is 2.50 bits per heavy atom. The molecule has 1 heterocycles. The Balaban J connectivity index is 2.40. The molecule has 1 rings (SSSR count). The lowest BCUT2D eigenvalue weighted by molar-refractivity contribution is 0.0542. The van der Waals surface area contributed by atoms with Crippen LogP contribution in [0, 0.1) is 0 Å². The predicted molar refractivity (Wildman–Crippen MR) is 26.4 cm³/mol. The quantitative estimate of drug-likeness (QED) is 0.532. The van der Waals surface area contributed by atoms with Gasteiger partial charge in [0.1, 0.15) is 0 Å². The third-order valence-electron chi connectivity index (χ3n) is 1.34. The molecule has 1 N–H and O–H groups in total. The van der Waals surface area contributed by atoms with Gasteiger partial charge in [0.2, 0.25) is 0 Å². The summed E-state index contributed by atoms with van der Waals surface area (Å²) in [6, 6.07) is 0. The molecule has 0 aromatic carbocycles. The van der Waals surface area contributed by atoms with E-state index in [1.807, 2.05) is 0 Å². The molecule has 0 aromatic heterocycles. The fourth-order valence-electron chi connectivity index (χ4n) is 0.707. The average molecular weight is 120 g/mol. The maximum absolute atomic E-state index is 12.7. The first-order chi connectivity index (χ1) is 3.77. The molecule has 48 valence electrons. The number of ether oxygens (including phenoxy) is 1. The lowest BCUT2D eigenvalue weighted by Gasteiger charge is -2.11. The lowest BCUT2D eigenvalue weighted by Crippen LogP contribution is -2.27. The van der Waals surface area contributed by atoms with Crippen LogP contribution in [0.1, 0.15) is 6.42 Å². The van der Waals surface area contributed by atoms with Crippen molar-refractivity contribution in [1.82, 2.24) is 0 Å². The highest BCUT2D eigenvalue weighted by molar-refractivity contribution is 4.81. The number of aliphatic hydroxyl groups is 1. The summed E-state index contributed by atoms with van der Waals surface area (Å²) in [5.74, 6) is 0. The molecule has 1 aliphatic rings. The first-order valence-corrected chi connectivity index (χ1v) is 2.64. The van der Waals surface area contributed by atoms with Crippen LogP contribution in [-0.2, 0) is 4.74 Å². The van der Waals surface area contributed by atoms with E-state index < -0.39 is 12.3 Å². The molecule has 3 heteroatoms. The Morgan fingerprint density at radius 1 is 1.75 bits per heavy atom. The van der Waals surface area contributed by atoms with Gasteiger partial charge < -0.3 is 9.84 Å². The fourth-order valence-corrected chi connectivity index (χ4v) is 0.707. The Labute approximate surface area is 47.3 Å². The van der Waals surface area contributed by atoms with Gasteiger partial charge in [-0.3, -0.25) is 0 Å². The van der Waals surface area contributed by atoms with Crippen molar-refractivity contribution in [3.63, 3.8) is 0 Å². The van der Waals surface area contributed by atoms with Gasteiger partial charge in [-0.2, -0.15) is 0 Å². The summed E-state index contributed by atoms with van der Waals surface area (Å²) < 4.78 is 17.4. The number of rotatable bonds is 1. The van der Waals surface area contributed by atoms with Gasteiger partial charge in [-0.1, -0.05) is 0 Å². The van der Waals surface area contributed by atoms with Crippen molar-refractivity contribution in [2.24, 2.45) is 0 Å². The maximum Gasteiger partial charge on any atom is 0.159 e. The van der Waals surface area contributed by atoms with Crippen LogP contribution in [-0.4, -0.2) is 30.6 Å².